The normalized spacial score (nSPS) is 9.96. The van der Waals surface area contributed by atoms with Gasteiger partial charge in [-0.2, -0.15) is 0 Å². The van der Waals surface area contributed by atoms with Gasteiger partial charge in [-0.05, 0) is 30.4 Å². The third kappa shape index (κ3) is 4.34. The number of benzene rings is 2. The van der Waals surface area contributed by atoms with Gasteiger partial charge in [0, 0.05) is 30.0 Å². The Kier molecular flexibility index (Phi) is 5.04. The molecule has 2 N–H and O–H groups in total. The Balaban J connectivity index is 2.04. The van der Waals surface area contributed by atoms with Crippen molar-refractivity contribution in [3.8, 4) is 0 Å². The first-order chi connectivity index (χ1) is 10.9. The lowest BCUT2D eigenvalue weighted by atomic mass is 10.3. The van der Waals surface area contributed by atoms with Crippen molar-refractivity contribution in [2.75, 3.05) is 10.6 Å². The molecule has 0 saturated carbocycles. The summed E-state index contributed by atoms with van der Waals surface area (Å²) in [5, 5.41) is 27.2. The summed E-state index contributed by atoms with van der Waals surface area (Å²) in [7, 11) is 0. The van der Waals surface area contributed by atoms with Gasteiger partial charge in [0.15, 0.2) is 5.11 Å². The van der Waals surface area contributed by atoms with Crippen LogP contribution >= 0.6 is 23.8 Å². The molecule has 0 aliphatic rings. The number of nitrogens with zero attached hydrogens (tertiary/aromatic N) is 2. The van der Waals surface area contributed by atoms with Crippen molar-refractivity contribution in [2.24, 2.45) is 0 Å². The maximum Gasteiger partial charge on any atom is 0.271 e. The SMILES string of the molecule is O=[N+]([O-])c1ccc(NC(=S)Nc2ccc([N+](=O)[O-])cc2Cl)cc1. The summed E-state index contributed by atoms with van der Waals surface area (Å²) in [5.41, 5.74) is 0.783. The molecular formula is C13H9ClN4O4S. The van der Waals surface area contributed by atoms with Crippen molar-refractivity contribution in [1.29, 1.82) is 0 Å². The van der Waals surface area contributed by atoms with Gasteiger partial charge in [0.05, 0.1) is 20.6 Å². The van der Waals surface area contributed by atoms with Crippen LogP contribution in [0.4, 0.5) is 22.7 Å². The van der Waals surface area contributed by atoms with Crippen LogP contribution in [0, 0.1) is 20.2 Å². The van der Waals surface area contributed by atoms with Gasteiger partial charge in [-0.25, -0.2) is 0 Å². The Bertz CT molecular complexity index is 782. The topological polar surface area (TPSA) is 110 Å². The Morgan fingerprint density at radius 1 is 0.957 bits per heavy atom. The number of non-ortho nitro benzene ring substituents is 2. The zero-order valence-corrected chi connectivity index (χ0v) is 12.9. The first-order valence-corrected chi connectivity index (χ1v) is 6.92. The Morgan fingerprint density at radius 3 is 2.04 bits per heavy atom. The number of nitro groups is 2. The van der Waals surface area contributed by atoms with Crippen molar-refractivity contribution in [3.05, 3.63) is 67.7 Å². The van der Waals surface area contributed by atoms with Crippen LogP contribution in [0.25, 0.3) is 0 Å². The zero-order valence-electron chi connectivity index (χ0n) is 11.4. The maximum absolute atomic E-state index is 10.6. The second kappa shape index (κ2) is 6.99. The monoisotopic (exact) mass is 352 g/mol. The van der Waals surface area contributed by atoms with E-state index in [1.165, 1.54) is 42.5 Å². The molecule has 8 nitrogen and oxygen atoms in total. The molecule has 0 unspecified atom stereocenters. The van der Waals surface area contributed by atoms with E-state index in [2.05, 4.69) is 10.6 Å². The lowest BCUT2D eigenvalue weighted by Crippen LogP contribution is -2.19. The molecule has 0 aromatic heterocycles. The van der Waals surface area contributed by atoms with E-state index in [1.54, 1.807) is 0 Å². The van der Waals surface area contributed by atoms with Gasteiger partial charge < -0.3 is 10.6 Å². The van der Waals surface area contributed by atoms with E-state index >= 15 is 0 Å². The Labute approximate surface area is 140 Å². The fourth-order valence-corrected chi connectivity index (χ4v) is 2.12. The predicted octanol–water partition coefficient (Wildman–Crippen LogP) is 3.97. The van der Waals surface area contributed by atoms with Crippen LogP contribution in [0.15, 0.2) is 42.5 Å². The molecule has 0 spiro atoms. The number of thiocarbonyl (C=S) groups is 1. The highest BCUT2D eigenvalue weighted by Crippen LogP contribution is 2.26. The fraction of sp³-hybridized carbons (Fsp3) is 0. The summed E-state index contributed by atoms with van der Waals surface area (Å²) in [4.78, 5) is 20.2. The minimum Gasteiger partial charge on any atom is -0.332 e. The van der Waals surface area contributed by atoms with Crippen LogP contribution in [0.5, 0.6) is 0 Å². The highest BCUT2D eigenvalue weighted by molar-refractivity contribution is 7.80. The first-order valence-electron chi connectivity index (χ1n) is 6.13. The molecule has 118 valence electrons. The summed E-state index contributed by atoms with van der Waals surface area (Å²) >= 11 is 11.0. The van der Waals surface area contributed by atoms with Crippen molar-refractivity contribution >= 4 is 51.7 Å². The summed E-state index contributed by atoms with van der Waals surface area (Å²) < 4.78 is 0. The van der Waals surface area contributed by atoms with Crippen LogP contribution in [0.2, 0.25) is 5.02 Å². The molecule has 0 heterocycles. The van der Waals surface area contributed by atoms with E-state index in [4.69, 9.17) is 23.8 Å². The third-order valence-electron chi connectivity index (χ3n) is 2.75. The average Bonchev–Trinajstić information content (AvgIpc) is 2.49. The molecule has 0 aliphatic heterocycles. The third-order valence-corrected chi connectivity index (χ3v) is 3.26. The number of nitrogens with one attached hydrogen (secondary N) is 2. The second-order valence-electron chi connectivity index (χ2n) is 4.30. The van der Waals surface area contributed by atoms with Gasteiger partial charge >= 0.3 is 0 Å². The number of hydrogen-bond donors (Lipinski definition) is 2. The maximum atomic E-state index is 10.6. The van der Waals surface area contributed by atoms with Crippen LogP contribution in [-0.2, 0) is 0 Å². The number of hydrogen-bond acceptors (Lipinski definition) is 5. The van der Waals surface area contributed by atoms with Gasteiger partial charge in [0.25, 0.3) is 11.4 Å². The van der Waals surface area contributed by atoms with E-state index in [9.17, 15) is 20.2 Å². The lowest BCUT2D eigenvalue weighted by Gasteiger charge is -2.11. The molecule has 2 aromatic carbocycles. The van der Waals surface area contributed by atoms with Gasteiger partial charge in [0.2, 0.25) is 0 Å². The molecular weight excluding hydrogens is 344 g/mol. The summed E-state index contributed by atoms with van der Waals surface area (Å²) in [5.74, 6) is 0. The minimum absolute atomic E-state index is 0.0344. The summed E-state index contributed by atoms with van der Waals surface area (Å²) in [6.07, 6.45) is 0. The van der Waals surface area contributed by atoms with E-state index in [0.717, 1.165) is 0 Å². The highest BCUT2D eigenvalue weighted by atomic mass is 35.5. The van der Waals surface area contributed by atoms with Crippen LogP contribution in [0.1, 0.15) is 0 Å². The number of rotatable bonds is 4. The number of halogens is 1. The molecule has 0 amide bonds. The van der Waals surface area contributed by atoms with Crippen molar-refractivity contribution < 1.29 is 9.85 Å². The molecule has 2 aromatic rings. The zero-order chi connectivity index (χ0) is 17.0. The molecule has 2 rings (SSSR count). The first kappa shape index (κ1) is 16.6. The molecule has 10 heteroatoms. The summed E-state index contributed by atoms with van der Waals surface area (Å²) in [6.45, 7) is 0. The highest BCUT2D eigenvalue weighted by Gasteiger charge is 2.10. The molecule has 0 saturated heterocycles. The van der Waals surface area contributed by atoms with Gasteiger partial charge in [-0.3, -0.25) is 20.2 Å². The Morgan fingerprint density at radius 2 is 1.52 bits per heavy atom. The minimum atomic E-state index is -0.552. The van der Waals surface area contributed by atoms with Crippen molar-refractivity contribution in [1.82, 2.24) is 0 Å². The number of nitro benzene ring substituents is 2. The van der Waals surface area contributed by atoms with Crippen molar-refractivity contribution in [2.45, 2.75) is 0 Å². The molecule has 0 aliphatic carbocycles. The predicted molar refractivity (Wildman–Crippen MR) is 91.0 cm³/mol. The Hall–Kier alpha value is -2.78. The van der Waals surface area contributed by atoms with Gasteiger partial charge in [-0.15, -0.1) is 0 Å². The van der Waals surface area contributed by atoms with Gasteiger partial charge in [-0.1, -0.05) is 11.6 Å². The summed E-state index contributed by atoms with van der Waals surface area (Å²) in [6, 6.07) is 9.62. The second-order valence-corrected chi connectivity index (χ2v) is 5.12. The van der Waals surface area contributed by atoms with E-state index < -0.39 is 9.85 Å². The van der Waals surface area contributed by atoms with E-state index in [1.807, 2.05) is 0 Å². The standard InChI is InChI=1S/C13H9ClN4O4S/c14-11-7-10(18(21)22)5-6-12(11)16-13(23)15-8-1-3-9(4-2-8)17(19)20/h1-7H,(H2,15,16,23). The quantitative estimate of drug-likeness (QED) is 0.486. The number of anilines is 2. The van der Waals surface area contributed by atoms with Crippen LogP contribution < -0.4 is 10.6 Å². The smallest absolute Gasteiger partial charge is 0.271 e. The average molecular weight is 353 g/mol. The molecule has 23 heavy (non-hydrogen) atoms. The molecule has 0 bridgehead atoms. The van der Waals surface area contributed by atoms with E-state index in [-0.39, 0.29) is 21.5 Å². The van der Waals surface area contributed by atoms with E-state index in [0.29, 0.717) is 11.4 Å². The molecule has 0 atom stereocenters. The van der Waals surface area contributed by atoms with Gasteiger partial charge in [0.1, 0.15) is 0 Å². The van der Waals surface area contributed by atoms with Crippen LogP contribution in [0.3, 0.4) is 0 Å². The van der Waals surface area contributed by atoms with Crippen molar-refractivity contribution in [3.63, 3.8) is 0 Å². The van der Waals surface area contributed by atoms with Crippen LogP contribution in [-0.4, -0.2) is 15.0 Å². The largest absolute Gasteiger partial charge is 0.332 e. The molecule has 0 fully saturated rings. The molecule has 0 radical (unpaired) electrons. The lowest BCUT2D eigenvalue weighted by molar-refractivity contribution is -0.385. The fourth-order valence-electron chi connectivity index (χ4n) is 1.67.